The first-order valence-corrected chi connectivity index (χ1v) is 13.6. The molecule has 188 valence electrons. The highest BCUT2D eigenvalue weighted by atomic mass is 32.2. The molecule has 0 spiro atoms. The maximum Gasteiger partial charge on any atom is 0.225 e. The van der Waals surface area contributed by atoms with Gasteiger partial charge in [0.1, 0.15) is 24.2 Å². The van der Waals surface area contributed by atoms with Crippen LogP contribution in [0.2, 0.25) is 0 Å². The van der Waals surface area contributed by atoms with Crippen molar-refractivity contribution < 1.29 is 31.8 Å². The second-order valence-electron chi connectivity index (χ2n) is 9.08. The maximum atomic E-state index is 14.5. The lowest BCUT2D eigenvalue weighted by Gasteiger charge is -2.31. The van der Waals surface area contributed by atoms with Crippen LogP contribution in [-0.4, -0.2) is 76.0 Å². The van der Waals surface area contributed by atoms with Gasteiger partial charge in [0.05, 0.1) is 30.7 Å². The molecule has 0 saturated carbocycles. The summed E-state index contributed by atoms with van der Waals surface area (Å²) >= 11 is 0. The normalized spacial score (nSPS) is 20.9. The molecule has 1 atom stereocenters. The Labute approximate surface area is 203 Å². The van der Waals surface area contributed by atoms with Crippen LogP contribution in [0, 0.1) is 11.7 Å². The van der Waals surface area contributed by atoms with Crippen LogP contribution in [0.25, 0.3) is 0 Å². The number of hydrogen-bond acceptors (Lipinski definition) is 8. The van der Waals surface area contributed by atoms with Gasteiger partial charge in [-0.05, 0) is 25.0 Å². The molecule has 35 heavy (non-hydrogen) atoms. The Morgan fingerprint density at radius 1 is 1.14 bits per heavy atom. The lowest BCUT2D eigenvalue weighted by atomic mass is 9.99. The van der Waals surface area contributed by atoms with Gasteiger partial charge in [0, 0.05) is 50.5 Å². The largest absolute Gasteiger partial charge is 0.490 e. The Morgan fingerprint density at radius 2 is 1.94 bits per heavy atom. The number of benzene rings is 1. The minimum absolute atomic E-state index is 0.0278. The summed E-state index contributed by atoms with van der Waals surface area (Å²) in [6.45, 7) is 3.29. The lowest BCUT2D eigenvalue weighted by molar-refractivity contribution is -0.137. The van der Waals surface area contributed by atoms with Gasteiger partial charge < -0.3 is 24.0 Å². The zero-order valence-corrected chi connectivity index (χ0v) is 20.3. The Hall–Kier alpha value is -2.92. The smallest absolute Gasteiger partial charge is 0.225 e. The third-order valence-corrected chi connectivity index (χ3v) is 7.58. The zero-order chi connectivity index (χ0) is 24.6. The molecule has 2 saturated heterocycles. The molecule has 2 aromatic rings. The van der Waals surface area contributed by atoms with Crippen molar-refractivity contribution in [3.8, 4) is 11.5 Å². The summed E-state index contributed by atoms with van der Waals surface area (Å²) in [7, 11) is -3.76. The summed E-state index contributed by atoms with van der Waals surface area (Å²) in [5, 5.41) is -0.576. The predicted octanol–water partition coefficient (Wildman–Crippen LogP) is 2.56. The van der Waals surface area contributed by atoms with E-state index in [0.717, 1.165) is 25.5 Å². The molecule has 3 aliphatic rings. The molecule has 0 aliphatic carbocycles. The number of hydrogen-bond donors (Lipinski definition) is 0. The van der Waals surface area contributed by atoms with Crippen molar-refractivity contribution in [1.82, 2.24) is 9.88 Å². The SMILES string of the molecule is CS(=O)(=O)c1ncc(N2CCOc3ccc(OC4CCN(C(=O)C5CCOCC5)C4)cc32)cc1F. The summed E-state index contributed by atoms with van der Waals surface area (Å²) in [5.41, 5.74) is 1.10. The van der Waals surface area contributed by atoms with E-state index in [2.05, 4.69) is 4.98 Å². The van der Waals surface area contributed by atoms with E-state index in [-0.39, 0.29) is 17.9 Å². The van der Waals surface area contributed by atoms with Gasteiger partial charge in [0.15, 0.2) is 20.7 Å². The van der Waals surface area contributed by atoms with Crippen LogP contribution in [0.4, 0.5) is 15.8 Å². The van der Waals surface area contributed by atoms with Gasteiger partial charge in [-0.25, -0.2) is 17.8 Å². The number of anilines is 2. The highest BCUT2D eigenvalue weighted by molar-refractivity contribution is 7.90. The number of ether oxygens (including phenoxy) is 3. The van der Waals surface area contributed by atoms with Crippen LogP contribution in [0.3, 0.4) is 0 Å². The number of pyridine rings is 1. The first kappa shape index (κ1) is 23.8. The molecule has 0 bridgehead atoms. The van der Waals surface area contributed by atoms with Crippen LogP contribution in [0.1, 0.15) is 19.3 Å². The van der Waals surface area contributed by atoms with E-state index in [9.17, 15) is 17.6 Å². The second-order valence-corrected chi connectivity index (χ2v) is 11.0. The average molecular weight is 506 g/mol. The Balaban J connectivity index is 1.31. The monoisotopic (exact) mass is 505 g/mol. The van der Waals surface area contributed by atoms with Gasteiger partial charge in [-0.1, -0.05) is 0 Å². The molecule has 1 amide bonds. The van der Waals surface area contributed by atoms with E-state index < -0.39 is 20.7 Å². The first-order chi connectivity index (χ1) is 16.8. The van der Waals surface area contributed by atoms with Crippen molar-refractivity contribution >= 4 is 27.1 Å². The topological polar surface area (TPSA) is 98.3 Å². The van der Waals surface area contributed by atoms with Crippen molar-refractivity contribution in [2.24, 2.45) is 5.92 Å². The van der Waals surface area contributed by atoms with Crippen LogP contribution in [-0.2, 0) is 19.4 Å². The summed E-state index contributed by atoms with van der Waals surface area (Å²) in [5.74, 6) is 0.534. The number of likely N-dealkylation sites (tertiary alicyclic amines) is 1. The van der Waals surface area contributed by atoms with Crippen molar-refractivity contribution in [3.05, 3.63) is 36.3 Å². The first-order valence-electron chi connectivity index (χ1n) is 11.7. The molecule has 1 unspecified atom stereocenters. The third-order valence-electron chi connectivity index (χ3n) is 6.58. The third kappa shape index (κ3) is 5.06. The number of carbonyl (C=O) groups excluding carboxylic acids is 1. The van der Waals surface area contributed by atoms with E-state index in [1.165, 1.54) is 12.3 Å². The number of rotatable bonds is 5. The number of nitrogens with zero attached hydrogens (tertiary/aromatic N) is 3. The number of halogens is 1. The predicted molar refractivity (Wildman–Crippen MR) is 125 cm³/mol. The fourth-order valence-corrected chi connectivity index (χ4v) is 5.45. The van der Waals surface area contributed by atoms with Gasteiger partial charge in [0.2, 0.25) is 5.91 Å². The average Bonchev–Trinajstić information content (AvgIpc) is 3.31. The second kappa shape index (κ2) is 9.62. The number of fused-ring (bicyclic) bond motifs is 1. The molecule has 3 aliphatic heterocycles. The molecular weight excluding hydrogens is 477 g/mol. The molecule has 1 aromatic heterocycles. The van der Waals surface area contributed by atoms with Gasteiger partial charge in [-0.15, -0.1) is 0 Å². The molecule has 0 radical (unpaired) electrons. The standard InChI is InChI=1S/C24H28FN3O6S/c1-35(30,31)23-20(25)12-17(14-26-23)28-8-11-33-22-3-2-18(13-21(22)28)34-19-4-7-27(15-19)24(29)16-5-9-32-10-6-16/h2-3,12-14,16,19H,4-11,15H2,1H3. The van der Waals surface area contributed by atoms with Crippen molar-refractivity contribution in [2.45, 2.75) is 30.4 Å². The Bertz CT molecular complexity index is 1220. The van der Waals surface area contributed by atoms with E-state index in [0.29, 0.717) is 62.3 Å². The Kier molecular flexibility index (Phi) is 6.54. The van der Waals surface area contributed by atoms with E-state index in [1.807, 2.05) is 21.9 Å². The minimum Gasteiger partial charge on any atom is -0.490 e. The quantitative estimate of drug-likeness (QED) is 0.612. The summed E-state index contributed by atoms with van der Waals surface area (Å²) < 4.78 is 55.3. The van der Waals surface area contributed by atoms with Gasteiger partial charge >= 0.3 is 0 Å². The zero-order valence-electron chi connectivity index (χ0n) is 19.5. The minimum atomic E-state index is -3.76. The highest BCUT2D eigenvalue weighted by Gasteiger charge is 2.33. The number of carbonyl (C=O) groups is 1. The number of sulfone groups is 1. The summed E-state index contributed by atoms with van der Waals surface area (Å²) in [6, 6.07) is 6.60. The van der Waals surface area contributed by atoms with Crippen LogP contribution in [0.15, 0.2) is 35.5 Å². The molecule has 1 aromatic carbocycles. The molecule has 9 nitrogen and oxygen atoms in total. The fraction of sp³-hybridized carbons (Fsp3) is 0.500. The maximum absolute atomic E-state index is 14.5. The molecule has 11 heteroatoms. The van der Waals surface area contributed by atoms with Crippen LogP contribution in [0.5, 0.6) is 11.5 Å². The fourth-order valence-electron chi connectivity index (χ4n) is 4.79. The summed E-state index contributed by atoms with van der Waals surface area (Å²) in [6.07, 6.45) is 4.42. The van der Waals surface area contributed by atoms with E-state index in [4.69, 9.17) is 14.2 Å². The van der Waals surface area contributed by atoms with Gasteiger partial charge in [-0.3, -0.25) is 4.79 Å². The molecule has 5 rings (SSSR count). The molecule has 4 heterocycles. The number of aromatic nitrogens is 1. The van der Waals surface area contributed by atoms with E-state index in [1.54, 1.807) is 6.07 Å². The molecule has 0 N–H and O–H groups in total. The summed E-state index contributed by atoms with van der Waals surface area (Å²) in [4.78, 5) is 20.4. The van der Waals surface area contributed by atoms with Crippen molar-refractivity contribution in [2.75, 3.05) is 50.6 Å². The van der Waals surface area contributed by atoms with Crippen molar-refractivity contribution in [3.63, 3.8) is 0 Å². The van der Waals surface area contributed by atoms with Gasteiger partial charge in [0.25, 0.3) is 0 Å². The Morgan fingerprint density at radius 3 is 2.69 bits per heavy atom. The van der Waals surface area contributed by atoms with Crippen molar-refractivity contribution in [1.29, 1.82) is 0 Å². The van der Waals surface area contributed by atoms with Crippen LogP contribution < -0.4 is 14.4 Å². The lowest BCUT2D eigenvalue weighted by Crippen LogP contribution is -2.38. The molecular formula is C24H28FN3O6S. The number of amides is 1. The van der Waals surface area contributed by atoms with E-state index >= 15 is 0 Å². The highest BCUT2D eigenvalue weighted by Crippen LogP contribution is 2.40. The van der Waals surface area contributed by atoms with Gasteiger partial charge in [-0.2, -0.15) is 0 Å². The van der Waals surface area contributed by atoms with Crippen LogP contribution >= 0.6 is 0 Å². The molecule has 2 fully saturated rings.